The van der Waals surface area contributed by atoms with Gasteiger partial charge in [0.25, 0.3) is 0 Å². The highest BCUT2D eigenvalue weighted by Gasteiger charge is 2.02. The molecule has 7 heteroatoms. The van der Waals surface area contributed by atoms with Gasteiger partial charge < -0.3 is 19.7 Å². The minimum absolute atomic E-state index is 0.423. The molecule has 0 aliphatic rings. The van der Waals surface area contributed by atoms with Gasteiger partial charge >= 0.3 is 0 Å². The number of nitrogens with zero attached hydrogens (tertiary/aromatic N) is 2. The topological polar surface area (TPSA) is 54.5 Å². The van der Waals surface area contributed by atoms with Crippen LogP contribution in [0.2, 0.25) is 10.2 Å². The summed E-state index contributed by atoms with van der Waals surface area (Å²) < 4.78 is 5.32. The Balaban J connectivity index is 2.10. The lowest BCUT2D eigenvalue weighted by molar-refractivity contribution is -0.108. The van der Waals surface area contributed by atoms with Crippen molar-refractivity contribution in [2.24, 2.45) is 0 Å². The molecular weight excluding hydrogens is 313 g/mol. The molecule has 0 saturated heterocycles. The molecular formula is C14H21Cl2N3O2. The second kappa shape index (κ2) is 10.8. The van der Waals surface area contributed by atoms with E-state index in [1.165, 1.54) is 6.20 Å². The van der Waals surface area contributed by atoms with Crippen molar-refractivity contribution >= 4 is 35.2 Å². The van der Waals surface area contributed by atoms with E-state index < -0.39 is 0 Å². The van der Waals surface area contributed by atoms with E-state index in [2.05, 4.69) is 15.2 Å². The Bertz CT molecular complexity index is 433. The maximum absolute atomic E-state index is 10.1. The second-order valence-corrected chi connectivity index (χ2v) is 5.43. The lowest BCUT2D eigenvalue weighted by Crippen LogP contribution is -2.25. The molecule has 1 aromatic rings. The van der Waals surface area contributed by atoms with Crippen molar-refractivity contribution in [1.82, 2.24) is 9.88 Å². The van der Waals surface area contributed by atoms with Gasteiger partial charge in [0.05, 0.1) is 23.9 Å². The number of carbonyl (C=O) groups is 1. The number of aromatic nitrogens is 1. The van der Waals surface area contributed by atoms with Gasteiger partial charge in [-0.25, -0.2) is 4.98 Å². The molecule has 0 aromatic carbocycles. The Morgan fingerprint density at radius 3 is 2.95 bits per heavy atom. The smallest absolute Gasteiger partial charge is 0.131 e. The second-order valence-electron chi connectivity index (χ2n) is 4.64. The first-order valence-electron chi connectivity index (χ1n) is 6.88. The van der Waals surface area contributed by atoms with Crippen LogP contribution in [0.3, 0.4) is 0 Å². The van der Waals surface area contributed by atoms with Crippen molar-refractivity contribution in [1.29, 1.82) is 0 Å². The Hall–Kier alpha value is -0.880. The van der Waals surface area contributed by atoms with E-state index in [-0.39, 0.29) is 0 Å². The summed E-state index contributed by atoms with van der Waals surface area (Å²) in [5.41, 5.74) is 0.802. The Morgan fingerprint density at radius 1 is 1.38 bits per heavy atom. The molecule has 0 fully saturated rings. The first-order chi connectivity index (χ1) is 10.1. The highest BCUT2D eigenvalue weighted by Crippen LogP contribution is 2.22. The fraction of sp³-hybridized carbons (Fsp3) is 0.571. The summed E-state index contributed by atoms with van der Waals surface area (Å²) in [6, 6.07) is 1.72. The zero-order chi connectivity index (χ0) is 15.5. The van der Waals surface area contributed by atoms with Gasteiger partial charge in [0.15, 0.2) is 0 Å². The molecule has 1 N–H and O–H groups in total. The van der Waals surface area contributed by atoms with Crippen LogP contribution in [-0.2, 0) is 9.53 Å². The zero-order valence-electron chi connectivity index (χ0n) is 12.1. The average molecular weight is 334 g/mol. The third kappa shape index (κ3) is 8.21. The number of nitrogens with one attached hydrogen (secondary N) is 1. The summed E-state index contributed by atoms with van der Waals surface area (Å²) in [6.45, 7) is 3.74. The van der Waals surface area contributed by atoms with Crippen LogP contribution >= 0.6 is 23.2 Å². The van der Waals surface area contributed by atoms with Crippen molar-refractivity contribution in [3.63, 3.8) is 0 Å². The standard InChI is InChI=1S/C14H21Cl2N3O2/c1-19(6-9-21-8-3-7-20)5-2-4-17-13-10-14(16)18-11-12(13)15/h7,10-11H,2-6,8-9H2,1H3,(H,17,18). The monoisotopic (exact) mass is 333 g/mol. The molecule has 0 unspecified atom stereocenters. The van der Waals surface area contributed by atoms with E-state index in [9.17, 15) is 4.79 Å². The van der Waals surface area contributed by atoms with Gasteiger partial charge in [0.1, 0.15) is 11.4 Å². The summed E-state index contributed by atoms with van der Waals surface area (Å²) in [7, 11) is 2.04. The number of aldehydes is 1. The quantitative estimate of drug-likeness (QED) is 0.383. The third-order valence-corrected chi connectivity index (χ3v) is 3.36. The molecule has 0 aliphatic carbocycles. The van der Waals surface area contributed by atoms with E-state index in [0.29, 0.717) is 29.8 Å². The Kier molecular flexibility index (Phi) is 9.34. The van der Waals surface area contributed by atoms with Gasteiger partial charge in [-0.2, -0.15) is 0 Å². The molecule has 0 spiro atoms. The zero-order valence-corrected chi connectivity index (χ0v) is 13.7. The van der Waals surface area contributed by atoms with E-state index in [4.69, 9.17) is 27.9 Å². The van der Waals surface area contributed by atoms with Crippen molar-refractivity contribution in [3.8, 4) is 0 Å². The maximum atomic E-state index is 10.1. The number of likely N-dealkylation sites (N-methyl/N-ethyl adjacent to an activating group) is 1. The van der Waals surface area contributed by atoms with Gasteiger partial charge in [-0.05, 0) is 20.0 Å². The number of hydrogen-bond donors (Lipinski definition) is 1. The molecule has 0 amide bonds. The van der Waals surface area contributed by atoms with Gasteiger partial charge in [0.2, 0.25) is 0 Å². The lowest BCUT2D eigenvalue weighted by Gasteiger charge is -2.17. The summed E-state index contributed by atoms with van der Waals surface area (Å²) in [6.07, 6.45) is 3.84. The Labute approximate surface area is 135 Å². The van der Waals surface area contributed by atoms with Crippen molar-refractivity contribution in [3.05, 3.63) is 22.4 Å². The van der Waals surface area contributed by atoms with Crippen molar-refractivity contribution in [2.45, 2.75) is 12.8 Å². The average Bonchev–Trinajstić information content (AvgIpc) is 2.47. The van der Waals surface area contributed by atoms with Crippen LogP contribution in [-0.4, -0.2) is 56.1 Å². The van der Waals surface area contributed by atoms with E-state index >= 15 is 0 Å². The lowest BCUT2D eigenvalue weighted by atomic mass is 10.3. The predicted octanol–water partition coefficient (Wildman–Crippen LogP) is 2.73. The van der Waals surface area contributed by atoms with Crippen molar-refractivity contribution in [2.75, 3.05) is 45.2 Å². The largest absolute Gasteiger partial charge is 0.384 e. The van der Waals surface area contributed by atoms with Crippen LogP contribution in [0.25, 0.3) is 0 Å². The number of carbonyl (C=O) groups excluding carboxylic acids is 1. The predicted molar refractivity (Wildman–Crippen MR) is 86.4 cm³/mol. The van der Waals surface area contributed by atoms with Crippen LogP contribution in [0.1, 0.15) is 12.8 Å². The minimum atomic E-state index is 0.423. The van der Waals surface area contributed by atoms with Crippen LogP contribution in [0.5, 0.6) is 0 Å². The van der Waals surface area contributed by atoms with Crippen LogP contribution in [0, 0.1) is 0 Å². The Morgan fingerprint density at radius 2 is 2.19 bits per heavy atom. The van der Waals surface area contributed by atoms with Gasteiger partial charge in [0, 0.05) is 31.8 Å². The van der Waals surface area contributed by atoms with Crippen LogP contribution < -0.4 is 5.32 Å². The molecule has 0 radical (unpaired) electrons. The van der Waals surface area contributed by atoms with E-state index in [1.54, 1.807) is 6.07 Å². The molecule has 1 rings (SSSR count). The van der Waals surface area contributed by atoms with Crippen molar-refractivity contribution < 1.29 is 9.53 Å². The number of pyridine rings is 1. The summed E-state index contributed by atoms with van der Waals surface area (Å²) in [5, 5.41) is 4.23. The van der Waals surface area contributed by atoms with E-state index in [1.807, 2.05) is 7.05 Å². The molecule has 0 saturated carbocycles. The van der Waals surface area contributed by atoms with Crippen LogP contribution in [0.4, 0.5) is 5.69 Å². The van der Waals surface area contributed by atoms with E-state index in [0.717, 1.165) is 38.0 Å². The molecule has 21 heavy (non-hydrogen) atoms. The van der Waals surface area contributed by atoms with Gasteiger partial charge in [-0.3, -0.25) is 0 Å². The first kappa shape index (κ1) is 18.2. The fourth-order valence-corrected chi connectivity index (χ4v) is 2.01. The van der Waals surface area contributed by atoms with Gasteiger partial charge in [-0.1, -0.05) is 23.2 Å². The SMILES string of the molecule is CN(CCCNc1cc(Cl)ncc1Cl)CCOCCC=O. The number of halogens is 2. The highest BCUT2D eigenvalue weighted by molar-refractivity contribution is 6.34. The normalized spacial score (nSPS) is 10.9. The summed E-state index contributed by atoms with van der Waals surface area (Å²) in [4.78, 5) is 16.2. The highest BCUT2D eigenvalue weighted by atomic mass is 35.5. The summed E-state index contributed by atoms with van der Waals surface area (Å²) in [5.74, 6) is 0. The fourth-order valence-electron chi connectivity index (χ4n) is 1.69. The van der Waals surface area contributed by atoms with Crippen LogP contribution in [0.15, 0.2) is 12.3 Å². The number of ether oxygens (including phenoxy) is 1. The number of anilines is 1. The molecule has 1 heterocycles. The molecule has 0 bridgehead atoms. The summed E-state index contributed by atoms with van der Waals surface area (Å²) >= 11 is 11.8. The number of hydrogen-bond acceptors (Lipinski definition) is 5. The third-order valence-electron chi connectivity index (χ3n) is 2.85. The molecule has 1 aromatic heterocycles. The van der Waals surface area contributed by atoms with Gasteiger partial charge in [-0.15, -0.1) is 0 Å². The molecule has 0 atom stereocenters. The molecule has 0 aliphatic heterocycles. The number of rotatable bonds is 11. The molecule has 5 nitrogen and oxygen atoms in total. The molecule has 118 valence electrons. The minimum Gasteiger partial charge on any atom is -0.384 e. The maximum Gasteiger partial charge on any atom is 0.131 e. The first-order valence-corrected chi connectivity index (χ1v) is 7.64.